The highest BCUT2D eigenvalue weighted by Crippen LogP contribution is 2.28. The van der Waals surface area contributed by atoms with Crippen molar-refractivity contribution >= 4 is 17.4 Å². The summed E-state index contributed by atoms with van der Waals surface area (Å²) in [5.74, 6) is 0.167. The third-order valence-electron chi connectivity index (χ3n) is 4.79. The topological polar surface area (TPSA) is 54.0 Å². The average Bonchev–Trinajstić information content (AvgIpc) is 2.64. The van der Waals surface area contributed by atoms with Gasteiger partial charge in [0.2, 0.25) is 0 Å². The molecule has 0 bridgehead atoms. The SMILES string of the molecule is CC(C)C[C@H]1COCCN1C(=O)Nc1ccc(F)cc1N1CCOCC1. The first kappa shape index (κ1) is 18.9. The van der Waals surface area contributed by atoms with Gasteiger partial charge in [0.1, 0.15) is 5.82 Å². The van der Waals surface area contributed by atoms with Crippen molar-refractivity contribution in [2.45, 2.75) is 26.3 Å². The zero-order valence-corrected chi connectivity index (χ0v) is 15.5. The van der Waals surface area contributed by atoms with Gasteiger partial charge in [0.25, 0.3) is 0 Å². The van der Waals surface area contributed by atoms with E-state index in [9.17, 15) is 9.18 Å². The average molecular weight is 365 g/mol. The number of carbonyl (C=O) groups is 1. The van der Waals surface area contributed by atoms with Crippen molar-refractivity contribution in [3.05, 3.63) is 24.0 Å². The quantitative estimate of drug-likeness (QED) is 0.891. The molecule has 1 atom stereocenters. The van der Waals surface area contributed by atoms with Crippen LogP contribution in [0.15, 0.2) is 18.2 Å². The highest BCUT2D eigenvalue weighted by atomic mass is 19.1. The van der Waals surface area contributed by atoms with Gasteiger partial charge < -0.3 is 24.6 Å². The molecule has 2 aliphatic rings. The van der Waals surface area contributed by atoms with E-state index in [2.05, 4.69) is 19.2 Å². The van der Waals surface area contributed by atoms with E-state index in [1.165, 1.54) is 12.1 Å². The summed E-state index contributed by atoms with van der Waals surface area (Å²) >= 11 is 0. The molecule has 2 saturated heterocycles. The summed E-state index contributed by atoms with van der Waals surface area (Å²) in [5, 5.41) is 2.99. The van der Waals surface area contributed by atoms with Gasteiger partial charge >= 0.3 is 6.03 Å². The molecule has 1 aromatic carbocycles. The van der Waals surface area contributed by atoms with E-state index in [0.717, 1.165) is 6.42 Å². The number of carbonyl (C=O) groups excluding carboxylic acids is 1. The summed E-state index contributed by atoms with van der Waals surface area (Å²) in [6.45, 7) is 8.51. The van der Waals surface area contributed by atoms with Gasteiger partial charge in [-0.3, -0.25) is 0 Å². The van der Waals surface area contributed by atoms with Crippen LogP contribution >= 0.6 is 0 Å². The number of rotatable bonds is 4. The molecule has 0 spiro atoms. The molecule has 7 heteroatoms. The Kier molecular flexibility index (Phi) is 6.32. The second-order valence-electron chi connectivity index (χ2n) is 7.24. The first-order chi connectivity index (χ1) is 12.5. The number of nitrogens with zero attached hydrogens (tertiary/aromatic N) is 2. The summed E-state index contributed by atoms with van der Waals surface area (Å²) in [7, 11) is 0. The van der Waals surface area contributed by atoms with E-state index >= 15 is 0 Å². The first-order valence-electron chi connectivity index (χ1n) is 9.32. The van der Waals surface area contributed by atoms with E-state index in [1.807, 2.05) is 9.80 Å². The molecule has 0 unspecified atom stereocenters. The minimum absolute atomic E-state index is 0.0658. The van der Waals surface area contributed by atoms with Gasteiger partial charge in [-0.15, -0.1) is 0 Å². The molecule has 1 aromatic rings. The minimum Gasteiger partial charge on any atom is -0.378 e. The van der Waals surface area contributed by atoms with E-state index < -0.39 is 0 Å². The lowest BCUT2D eigenvalue weighted by atomic mass is 10.0. The minimum atomic E-state index is -0.312. The van der Waals surface area contributed by atoms with Gasteiger partial charge in [-0.25, -0.2) is 9.18 Å². The fourth-order valence-corrected chi connectivity index (χ4v) is 3.53. The number of benzene rings is 1. The lowest BCUT2D eigenvalue weighted by Gasteiger charge is -2.37. The van der Waals surface area contributed by atoms with Gasteiger partial charge in [-0.2, -0.15) is 0 Å². The molecule has 144 valence electrons. The van der Waals surface area contributed by atoms with E-state index in [1.54, 1.807) is 6.07 Å². The number of amides is 2. The Labute approximate surface area is 154 Å². The Bertz CT molecular complexity index is 620. The van der Waals surface area contributed by atoms with E-state index in [4.69, 9.17) is 9.47 Å². The molecule has 0 aromatic heterocycles. The lowest BCUT2D eigenvalue weighted by molar-refractivity contribution is 0.00857. The van der Waals surface area contributed by atoms with Crippen LogP contribution in [0.5, 0.6) is 0 Å². The Morgan fingerprint density at radius 3 is 2.69 bits per heavy atom. The number of anilines is 2. The molecule has 26 heavy (non-hydrogen) atoms. The van der Waals surface area contributed by atoms with Gasteiger partial charge in [-0.1, -0.05) is 13.8 Å². The number of nitrogens with one attached hydrogen (secondary N) is 1. The fourth-order valence-electron chi connectivity index (χ4n) is 3.53. The number of halogens is 1. The number of urea groups is 1. The van der Waals surface area contributed by atoms with Crippen LogP contribution in [-0.4, -0.2) is 63.0 Å². The molecule has 0 aliphatic carbocycles. The van der Waals surface area contributed by atoms with Crippen LogP contribution in [0.2, 0.25) is 0 Å². The maximum absolute atomic E-state index is 13.8. The maximum Gasteiger partial charge on any atom is 0.322 e. The van der Waals surface area contributed by atoms with Crippen molar-refractivity contribution in [1.29, 1.82) is 0 Å². The molecule has 6 nitrogen and oxygen atoms in total. The van der Waals surface area contributed by atoms with Crippen molar-refractivity contribution in [2.24, 2.45) is 5.92 Å². The van der Waals surface area contributed by atoms with E-state index in [0.29, 0.717) is 63.4 Å². The van der Waals surface area contributed by atoms with Crippen LogP contribution in [0.1, 0.15) is 20.3 Å². The van der Waals surface area contributed by atoms with Crippen LogP contribution in [0.25, 0.3) is 0 Å². The predicted octanol–water partition coefficient (Wildman–Crippen LogP) is 2.94. The smallest absolute Gasteiger partial charge is 0.322 e. The third-order valence-corrected chi connectivity index (χ3v) is 4.79. The Morgan fingerprint density at radius 1 is 1.23 bits per heavy atom. The van der Waals surface area contributed by atoms with Crippen LogP contribution < -0.4 is 10.2 Å². The second-order valence-corrected chi connectivity index (χ2v) is 7.24. The van der Waals surface area contributed by atoms with Crippen molar-refractivity contribution in [3.63, 3.8) is 0 Å². The van der Waals surface area contributed by atoms with Crippen molar-refractivity contribution in [2.75, 3.05) is 56.3 Å². The van der Waals surface area contributed by atoms with Crippen LogP contribution in [0.3, 0.4) is 0 Å². The summed E-state index contributed by atoms with van der Waals surface area (Å²) in [6.07, 6.45) is 0.896. The summed E-state index contributed by atoms with van der Waals surface area (Å²) < 4.78 is 24.7. The molecule has 2 amide bonds. The summed E-state index contributed by atoms with van der Waals surface area (Å²) in [6, 6.07) is 4.41. The number of morpholine rings is 2. The Morgan fingerprint density at radius 2 is 1.96 bits per heavy atom. The number of hydrogen-bond donors (Lipinski definition) is 1. The summed E-state index contributed by atoms with van der Waals surface area (Å²) in [5.41, 5.74) is 1.34. The van der Waals surface area contributed by atoms with Gasteiger partial charge in [0.15, 0.2) is 0 Å². The van der Waals surface area contributed by atoms with Crippen molar-refractivity contribution in [1.82, 2.24) is 4.90 Å². The molecular formula is C19H28FN3O3. The Balaban J connectivity index is 1.75. The monoisotopic (exact) mass is 365 g/mol. The highest BCUT2D eigenvalue weighted by molar-refractivity contribution is 5.93. The maximum atomic E-state index is 13.8. The van der Waals surface area contributed by atoms with Gasteiger partial charge in [0, 0.05) is 19.6 Å². The standard InChI is InChI=1S/C19H28FN3O3/c1-14(2)11-16-13-26-10-7-23(16)19(24)21-17-4-3-15(20)12-18(17)22-5-8-25-9-6-22/h3-4,12,14,16H,5-11,13H2,1-2H3,(H,21,24)/t16-/m0/s1. The normalized spacial score (nSPS) is 21.2. The molecule has 2 fully saturated rings. The Hall–Kier alpha value is -1.86. The zero-order valence-electron chi connectivity index (χ0n) is 15.5. The van der Waals surface area contributed by atoms with Crippen LogP contribution in [0.4, 0.5) is 20.6 Å². The van der Waals surface area contributed by atoms with Crippen molar-refractivity contribution < 1.29 is 18.7 Å². The fraction of sp³-hybridized carbons (Fsp3) is 0.632. The molecule has 3 rings (SSSR count). The summed E-state index contributed by atoms with van der Waals surface area (Å²) in [4.78, 5) is 16.8. The largest absolute Gasteiger partial charge is 0.378 e. The molecule has 2 aliphatic heterocycles. The molecule has 2 heterocycles. The first-order valence-corrected chi connectivity index (χ1v) is 9.32. The molecule has 0 saturated carbocycles. The molecule has 1 N–H and O–H groups in total. The predicted molar refractivity (Wildman–Crippen MR) is 99.2 cm³/mol. The highest BCUT2D eigenvalue weighted by Gasteiger charge is 2.28. The number of ether oxygens (including phenoxy) is 2. The molecular weight excluding hydrogens is 337 g/mol. The second kappa shape index (κ2) is 8.68. The van der Waals surface area contributed by atoms with Crippen molar-refractivity contribution in [3.8, 4) is 0 Å². The van der Waals surface area contributed by atoms with Gasteiger partial charge in [0.05, 0.1) is 43.8 Å². The van der Waals surface area contributed by atoms with Crippen LogP contribution in [0, 0.1) is 11.7 Å². The third kappa shape index (κ3) is 4.65. The number of hydrogen-bond acceptors (Lipinski definition) is 4. The zero-order chi connectivity index (χ0) is 18.5. The van der Waals surface area contributed by atoms with E-state index in [-0.39, 0.29) is 17.9 Å². The van der Waals surface area contributed by atoms with Gasteiger partial charge in [-0.05, 0) is 30.5 Å². The molecule has 0 radical (unpaired) electrons. The van der Waals surface area contributed by atoms with Crippen LogP contribution in [-0.2, 0) is 9.47 Å². The lowest BCUT2D eigenvalue weighted by Crippen LogP contribution is -2.51.